The quantitative estimate of drug-likeness (QED) is 0.779. The van der Waals surface area contributed by atoms with E-state index in [2.05, 4.69) is 31.4 Å². The highest BCUT2D eigenvalue weighted by Crippen LogP contribution is 2.09. The molecule has 1 aromatic carbocycles. The van der Waals surface area contributed by atoms with Gasteiger partial charge < -0.3 is 10.6 Å². The lowest BCUT2D eigenvalue weighted by molar-refractivity contribution is 0.0953. The van der Waals surface area contributed by atoms with Crippen molar-refractivity contribution in [3.63, 3.8) is 0 Å². The van der Waals surface area contributed by atoms with Crippen molar-refractivity contribution in [2.45, 2.75) is 26.8 Å². The van der Waals surface area contributed by atoms with Crippen LogP contribution in [0.1, 0.15) is 31.1 Å². The van der Waals surface area contributed by atoms with E-state index in [1.165, 1.54) is 0 Å². The molecule has 0 spiro atoms. The Labute approximate surface area is 114 Å². The minimum atomic E-state index is -0.0642. The molecule has 4 heteroatoms. The highest BCUT2D eigenvalue weighted by atomic mass is 35.5. The second-order valence-corrected chi connectivity index (χ2v) is 5.19. The van der Waals surface area contributed by atoms with Crippen molar-refractivity contribution < 1.29 is 4.79 Å². The monoisotopic (exact) mass is 268 g/mol. The van der Waals surface area contributed by atoms with Crippen LogP contribution < -0.4 is 10.6 Å². The summed E-state index contributed by atoms with van der Waals surface area (Å²) < 4.78 is 0. The Hall–Kier alpha value is -1.06. The van der Waals surface area contributed by atoms with Gasteiger partial charge in [0.05, 0.1) is 0 Å². The van der Waals surface area contributed by atoms with E-state index in [1.807, 2.05) is 0 Å². The number of carbonyl (C=O) groups is 1. The first-order valence-corrected chi connectivity index (χ1v) is 6.65. The van der Waals surface area contributed by atoms with Crippen molar-refractivity contribution in [2.75, 3.05) is 13.1 Å². The minimum Gasteiger partial charge on any atom is -0.351 e. The zero-order chi connectivity index (χ0) is 13.5. The molecule has 0 aliphatic carbocycles. The van der Waals surface area contributed by atoms with E-state index >= 15 is 0 Å². The number of hydrogen-bond donors (Lipinski definition) is 2. The van der Waals surface area contributed by atoms with E-state index in [-0.39, 0.29) is 5.91 Å². The maximum absolute atomic E-state index is 11.8. The van der Waals surface area contributed by atoms with Crippen LogP contribution in [0, 0.1) is 5.92 Å². The maximum atomic E-state index is 11.8. The molecule has 0 fully saturated rings. The van der Waals surface area contributed by atoms with Crippen molar-refractivity contribution in [1.29, 1.82) is 0 Å². The first-order chi connectivity index (χ1) is 8.50. The van der Waals surface area contributed by atoms with Gasteiger partial charge in [-0.1, -0.05) is 25.4 Å². The molecular formula is C14H21ClN2O. The second-order valence-electron chi connectivity index (χ2n) is 4.75. The number of nitrogens with one attached hydrogen (secondary N) is 2. The van der Waals surface area contributed by atoms with Crippen LogP contribution in [0.5, 0.6) is 0 Å². The van der Waals surface area contributed by atoms with Crippen molar-refractivity contribution in [3.05, 3.63) is 34.9 Å². The SMILES string of the molecule is CC(C)C(C)NCCNC(=O)c1ccc(Cl)cc1. The van der Waals surface area contributed by atoms with Crippen molar-refractivity contribution in [1.82, 2.24) is 10.6 Å². The van der Waals surface area contributed by atoms with Gasteiger partial charge in [-0.25, -0.2) is 0 Å². The Kier molecular flexibility index (Phi) is 6.16. The van der Waals surface area contributed by atoms with Gasteiger partial charge in [0.15, 0.2) is 0 Å². The molecule has 0 aliphatic heterocycles. The predicted octanol–water partition coefficient (Wildman–Crippen LogP) is 2.70. The summed E-state index contributed by atoms with van der Waals surface area (Å²) in [4.78, 5) is 11.8. The van der Waals surface area contributed by atoms with Gasteiger partial charge in [-0.2, -0.15) is 0 Å². The first kappa shape index (κ1) is 15.0. The summed E-state index contributed by atoms with van der Waals surface area (Å²) in [6, 6.07) is 7.34. The predicted molar refractivity (Wildman–Crippen MR) is 76.1 cm³/mol. The Bertz CT molecular complexity index is 376. The summed E-state index contributed by atoms with van der Waals surface area (Å²) in [7, 11) is 0. The molecule has 3 nitrogen and oxygen atoms in total. The van der Waals surface area contributed by atoms with Crippen LogP contribution in [0.25, 0.3) is 0 Å². The second kappa shape index (κ2) is 7.39. The van der Waals surface area contributed by atoms with E-state index in [9.17, 15) is 4.79 Å². The van der Waals surface area contributed by atoms with Gasteiger partial charge in [-0.3, -0.25) is 4.79 Å². The van der Waals surface area contributed by atoms with Gasteiger partial charge in [0, 0.05) is 29.7 Å². The standard InChI is InChI=1S/C14H21ClN2O/c1-10(2)11(3)16-8-9-17-14(18)12-4-6-13(15)7-5-12/h4-7,10-11,16H,8-9H2,1-3H3,(H,17,18). The molecule has 1 aromatic rings. The number of hydrogen-bond acceptors (Lipinski definition) is 2. The van der Waals surface area contributed by atoms with Crippen LogP contribution in [0.15, 0.2) is 24.3 Å². The zero-order valence-corrected chi connectivity index (χ0v) is 11.9. The van der Waals surface area contributed by atoms with Crippen LogP contribution in [-0.2, 0) is 0 Å². The fraction of sp³-hybridized carbons (Fsp3) is 0.500. The van der Waals surface area contributed by atoms with Crippen molar-refractivity contribution >= 4 is 17.5 Å². The minimum absolute atomic E-state index is 0.0642. The Morgan fingerprint density at radius 2 is 1.78 bits per heavy atom. The molecule has 0 radical (unpaired) electrons. The average Bonchev–Trinajstić information content (AvgIpc) is 2.34. The number of rotatable bonds is 6. The van der Waals surface area contributed by atoms with Gasteiger partial charge in [0.1, 0.15) is 0 Å². The summed E-state index contributed by atoms with van der Waals surface area (Å²) in [5.41, 5.74) is 0.635. The molecule has 1 unspecified atom stereocenters. The third kappa shape index (κ3) is 5.07. The molecule has 1 atom stereocenters. The van der Waals surface area contributed by atoms with E-state index in [4.69, 9.17) is 11.6 Å². The summed E-state index contributed by atoms with van der Waals surface area (Å²) in [6.07, 6.45) is 0. The Morgan fingerprint density at radius 1 is 1.17 bits per heavy atom. The maximum Gasteiger partial charge on any atom is 0.251 e. The number of halogens is 1. The Morgan fingerprint density at radius 3 is 2.33 bits per heavy atom. The molecule has 18 heavy (non-hydrogen) atoms. The lowest BCUT2D eigenvalue weighted by atomic mass is 10.1. The molecule has 0 saturated heterocycles. The molecule has 2 N–H and O–H groups in total. The summed E-state index contributed by atoms with van der Waals surface area (Å²) >= 11 is 5.77. The molecule has 0 aliphatic rings. The highest BCUT2D eigenvalue weighted by Gasteiger charge is 2.06. The van der Waals surface area contributed by atoms with Gasteiger partial charge in [-0.05, 0) is 37.1 Å². The smallest absolute Gasteiger partial charge is 0.251 e. The number of amides is 1. The van der Waals surface area contributed by atoms with Crippen LogP contribution >= 0.6 is 11.6 Å². The molecule has 0 aromatic heterocycles. The van der Waals surface area contributed by atoms with Gasteiger partial charge in [0.2, 0.25) is 0 Å². The number of benzene rings is 1. The summed E-state index contributed by atoms with van der Waals surface area (Å²) in [5, 5.41) is 6.87. The van der Waals surface area contributed by atoms with Crippen molar-refractivity contribution in [3.8, 4) is 0 Å². The van der Waals surface area contributed by atoms with E-state index in [1.54, 1.807) is 24.3 Å². The first-order valence-electron chi connectivity index (χ1n) is 6.28. The van der Waals surface area contributed by atoms with E-state index < -0.39 is 0 Å². The largest absolute Gasteiger partial charge is 0.351 e. The van der Waals surface area contributed by atoms with E-state index in [0.717, 1.165) is 6.54 Å². The zero-order valence-electron chi connectivity index (χ0n) is 11.2. The normalized spacial score (nSPS) is 12.5. The molecule has 1 rings (SSSR count). The van der Waals surface area contributed by atoms with Gasteiger partial charge in [-0.15, -0.1) is 0 Å². The highest BCUT2D eigenvalue weighted by molar-refractivity contribution is 6.30. The molecule has 0 bridgehead atoms. The van der Waals surface area contributed by atoms with Gasteiger partial charge >= 0.3 is 0 Å². The molecular weight excluding hydrogens is 248 g/mol. The Balaban J connectivity index is 2.27. The molecule has 100 valence electrons. The summed E-state index contributed by atoms with van der Waals surface area (Å²) in [5.74, 6) is 0.530. The van der Waals surface area contributed by atoms with E-state index in [0.29, 0.717) is 29.1 Å². The molecule has 0 heterocycles. The average molecular weight is 269 g/mol. The van der Waals surface area contributed by atoms with Crippen LogP contribution in [-0.4, -0.2) is 25.0 Å². The van der Waals surface area contributed by atoms with Crippen LogP contribution in [0.4, 0.5) is 0 Å². The molecule has 1 amide bonds. The third-order valence-corrected chi connectivity index (χ3v) is 3.24. The lowest BCUT2D eigenvalue weighted by Gasteiger charge is -2.17. The van der Waals surface area contributed by atoms with Gasteiger partial charge in [0.25, 0.3) is 5.91 Å². The fourth-order valence-electron chi connectivity index (χ4n) is 1.41. The topological polar surface area (TPSA) is 41.1 Å². The van der Waals surface area contributed by atoms with Crippen molar-refractivity contribution in [2.24, 2.45) is 5.92 Å². The molecule has 0 saturated carbocycles. The number of carbonyl (C=O) groups excluding carboxylic acids is 1. The lowest BCUT2D eigenvalue weighted by Crippen LogP contribution is -2.37. The third-order valence-electron chi connectivity index (χ3n) is 2.98. The van der Waals surface area contributed by atoms with Crippen LogP contribution in [0.2, 0.25) is 5.02 Å². The summed E-state index contributed by atoms with van der Waals surface area (Å²) in [6.45, 7) is 7.89. The van der Waals surface area contributed by atoms with Crippen LogP contribution in [0.3, 0.4) is 0 Å². The fourth-order valence-corrected chi connectivity index (χ4v) is 1.54.